The molecular weight excluding hydrogens is 234 g/mol. The minimum absolute atomic E-state index is 0. The number of nitrogens with one attached hydrogen (secondary N) is 1. The molecule has 5 heteroatoms. The topological polar surface area (TPSA) is 54.4 Å². The van der Waals surface area contributed by atoms with Crippen molar-refractivity contribution in [3.8, 4) is 0 Å². The summed E-state index contributed by atoms with van der Waals surface area (Å²) in [7, 11) is 0. The average molecular weight is 253 g/mol. The number of aromatic nitrogens is 1. The van der Waals surface area contributed by atoms with Crippen molar-refractivity contribution in [2.24, 2.45) is 10.9 Å². The quantitative estimate of drug-likeness (QED) is 0.661. The van der Waals surface area contributed by atoms with Gasteiger partial charge in [0.15, 0.2) is 5.13 Å². The Kier molecular flexibility index (Phi) is 5.03. The third-order valence-corrected chi connectivity index (χ3v) is 2.98. The zero-order valence-corrected chi connectivity index (χ0v) is 11.3. The Labute approximate surface area is 107 Å². The smallest absolute Gasteiger partial charge is 0.275 e. The summed E-state index contributed by atoms with van der Waals surface area (Å²) in [5, 5.41) is 5.11. The predicted octanol–water partition coefficient (Wildman–Crippen LogP) is 3.35. The van der Waals surface area contributed by atoms with Crippen LogP contribution in [0.5, 0.6) is 0 Å². The maximum absolute atomic E-state index is 11.9. The molecule has 1 amide bonds. The summed E-state index contributed by atoms with van der Waals surface area (Å²) in [6.07, 6.45) is 3.35. The highest BCUT2D eigenvalue weighted by Crippen LogP contribution is 2.12. The predicted molar refractivity (Wildman–Crippen MR) is 74.6 cm³/mol. The lowest BCUT2D eigenvalue weighted by atomic mass is 10.1. The normalized spacial score (nSPS) is 13.0. The van der Waals surface area contributed by atoms with Crippen molar-refractivity contribution in [3.63, 3.8) is 0 Å². The van der Waals surface area contributed by atoms with Crippen molar-refractivity contribution in [3.05, 3.63) is 23.3 Å². The zero-order chi connectivity index (χ0) is 12.8. The molecule has 0 radical (unpaired) electrons. The molecule has 1 heterocycles. The van der Waals surface area contributed by atoms with Gasteiger partial charge >= 0.3 is 0 Å². The zero-order valence-electron chi connectivity index (χ0n) is 10.5. The number of carbonyl (C=O) groups excluding carboxylic acids is 1. The molecule has 0 aromatic carbocycles. The molecule has 0 saturated heterocycles. The highest BCUT2D eigenvalue weighted by atomic mass is 32.1. The number of allylic oxidation sites excluding steroid dienone is 1. The number of amides is 1. The van der Waals surface area contributed by atoms with E-state index in [0.717, 1.165) is 5.71 Å². The largest absolute Gasteiger partial charge is 0.297 e. The molecule has 0 saturated carbocycles. The molecule has 0 spiro atoms. The van der Waals surface area contributed by atoms with Crippen LogP contribution in [-0.4, -0.2) is 16.6 Å². The van der Waals surface area contributed by atoms with Gasteiger partial charge in [0.2, 0.25) is 0 Å². The van der Waals surface area contributed by atoms with Gasteiger partial charge in [-0.05, 0) is 19.8 Å². The molecule has 0 aliphatic heterocycles. The van der Waals surface area contributed by atoms with E-state index in [9.17, 15) is 4.79 Å². The lowest BCUT2D eigenvalue weighted by Crippen LogP contribution is -2.15. The Bertz CT molecular complexity index is 438. The van der Waals surface area contributed by atoms with Crippen LogP contribution in [0.15, 0.2) is 28.3 Å². The first-order valence-electron chi connectivity index (χ1n) is 5.47. The van der Waals surface area contributed by atoms with E-state index in [2.05, 4.69) is 15.3 Å². The van der Waals surface area contributed by atoms with E-state index in [4.69, 9.17) is 0 Å². The van der Waals surface area contributed by atoms with Gasteiger partial charge in [0, 0.05) is 18.7 Å². The Morgan fingerprint density at radius 3 is 2.82 bits per heavy atom. The van der Waals surface area contributed by atoms with Gasteiger partial charge in [-0.1, -0.05) is 19.9 Å². The van der Waals surface area contributed by atoms with Crippen LogP contribution in [0.3, 0.4) is 0 Å². The second-order valence-electron chi connectivity index (χ2n) is 3.87. The van der Waals surface area contributed by atoms with Crippen LogP contribution >= 0.6 is 11.3 Å². The SMILES string of the molecule is C/C=C(\N=C(C)C(C)C)C(=O)Nc1nccs1.[HH]. The summed E-state index contributed by atoms with van der Waals surface area (Å²) >= 11 is 1.39. The molecule has 0 unspecified atom stereocenters. The first kappa shape index (κ1) is 13.6. The van der Waals surface area contributed by atoms with Crippen molar-refractivity contribution in [1.82, 2.24) is 4.98 Å². The Morgan fingerprint density at radius 2 is 2.35 bits per heavy atom. The number of hydrogen-bond acceptors (Lipinski definition) is 4. The van der Waals surface area contributed by atoms with Crippen LogP contribution < -0.4 is 5.32 Å². The van der Waals surface area contributed by atoms with Crippen molar-refractivity contribution < 1.29 is 6.22 Å². The van der Waals surface area contributed by atoms with E-state index in [-0.39, 0.29) is 7.33 Å². The van der Waals surface area contributed by atoms with Crippen molar-refractivity contribution in [2.75, 3.05) is 5.32 Å². The molecular formula is C12H19N3OS. The summed E-state index contributed by atoms with van der Waals surface area (Å²) in [5.74, 6) is 0.111. The van der Waals surface area contributed by atoms with Crippen molar-refractivity contribution in [1.29, 1.82) is 0 Å². The fraction of sp³-hybridized carbons (Fsp3) is 0.417. The molecule has 0 bridgehead atoms. The van der Waals surface area contributed by atoms with Crippen molar-refractivity contribution >= 4 is 28.1 Å². The second-order valence-corrected chi connectivity index (χ2v) is 4.77. The molecule has 0 aliphatic rings. The summed E-state index contributed by atoms with van der Waals surface area (Å²) in [6.45, 7) is 7.81. The molecule has 94 valence electrons. The van der Waals surface area contributed by atoms with Gasteiger partial charge in [0.25, 0.3) is 5.91 Å². The number of aliphatic imine (C=N–C) groups is 1. The Balaban J connectivity index is 0.00000289. The summed E-state index contributed by atoms with van der Waals surface area (Å²) in [6, 6.07) is 0. The fourth-order valence-electron chi connectivity index (χ4n) is 1.01. The molecule has 0 aliphatic carbocycles. The van der Waals surface area contributed by atoms with Gasteiger partial charge in [0.05, 0.1) is 0 Å². The number of hydrogen-bond donors (Lipinski definition) is 1. The molecule has 1 rings (SSSR count). The minimum atomic E-state index is -0.220. The van der Waals surface area contributed by atoms with E-state index >= 15 is 0 Å². The van der Waals surface area contributed by atoms with Crippen LogP contribution in [0.25, 0.3) is 0 Å². The van der Waals surface area contributed by atoms with Crippen LogP contribution in [0.4, 0.5) is 5.13 Å². The van der Waals surface area contributed by atoms with Crippen LogP contribution in [0, 0.1) is 5.92 Å². The van der Waals surface area contributed by atoms with Gasteiger partial charge in [-0.15, -0.1) is 11.3 Å². The summed E-state index contributed by atoms with van der Waals surface area (Å²) < 4.78 is 0. The molecule has 1 aromatic heterocycles. The molecule has 1 aromatic rings. The highest BCUT2D eigenvalue weighted by Gasteiger charge is 2.10. The van der Waals surface area contributed by atoms with Gasteiger partial charge in [-0.2, -0.15) is 0 Å². The minimum Gasteiger partial charge on any atom is -0.297 e. The third-order valence-electron chi connectivity index (χ3n) is 2.29. The lowest BCUT2D eigenvalue weighted by Gasteiger charge is -2.06. The van der Waals surface area contributed by atoms with Gasteiger partial charge in [-0.3, -0.25) is 15.1 Å². The number of nitrogens with zero attached hydrogens (tertiary/aromatic N) is 2. The standard InChI is InChI=1S/C12H17N3OS.H2/c1-5-10(14-9(4)8(2)3)11(16)15-12-13-6-7-17-12;/h5-8H,1-4H3,(H,13,15,16);1H/b10-5-,14-9?;. The van der Waals surface area contributed by atoms with Crippen LogP contribution in [0.2, 0.25) is 0 Å². The molecule has 4 nitrogen and oxygen atoms in total. The maximum atomic E-state index is 11.9. The van der Waals surface area contributed by atoms with Crippen LogP contribution in [0.1, 0.15) is 29.1 Å². The van der Waals surface area contributed by atoms with E-state index < -0.39 is 0 Å². The molecule has 0 atom stereocenters. The molecule has 17 heavy (non-hydrogen) atoms. The Morgan fingerprint density at radius 1 is 1.65 bits per heavy atom. The molecule has 1 N–H and O–H groups in total. The Hall–Kier alpha value is -1.49. The third kappa shape index (κ3) is 4.11. The highest BCUT2D eigenvalue weighted by molar-refractivity contribution is 7.13. The van der Waals surface area contributed by atoms with Gasteiger partial charge < -0.3 is 0 Å². The van der Waals surface area contributed by atoms with E-state index in [0.29, 0.717) is 16.7 Å². The number of anilines is 1. The first-order valence-corrected chi connectivity index (χ1v) is 6.35. The fourth-order valence-corrected chi connectivity index (χ4v) is 1.54. The average Bonchev–Trinajstić information content (AvgIpc) is 2.77. The van der Waals surface area contributed by atoms with Gasteiger partial charge in [-0.25, -0.2) is 4.98 Å². The first-order chi connectivity index (χ1) is 8.04. The van der Waals surface area contributed by atoms with Crippen LogP contribution in [-0.2, 0) is 4.79 Å². The maximum Gasteiger partial charge on any atom is 0.275 e. The number of thiazole rings is 1. The number of rotatable bonds is 4. The summed E-state index contributed by atoms with van der Waals surface area (Å²) in [4.78, 5) is 20.2. The van der Waals surface area contributed by atoms with E-state index in [1.165, 1.54) is 11.3 Å². The summed E-state index contributed by atoms with van der Waals surface area (Å²) in [5.41, 5.74) is 1.36. The lowest BCUT2D eigenvalue weighted by molar-refractivity contribution is -0.112. The van der Waals surface area contributed by atoms with Crippen molar-refractivity contribution in [2.45, 2.75) is 27.7 Å². The number of carbonyl (C=O) groups is 1. The monoisotopic (exact) mass is 253 g/mol. The van der Waals surface area contributed by atoms with Gasteiger partial charge in [0.1, 0.15) is 5.70 Å². The second kappa shape index (κ2) is 6.30. The van der Waals surface area contributed by atoms with E-state index in [1.807, 2.05) is 26.2 Å². The van der Waals surface area contributed by atoms with E-state index in [1.54, 1.807) is 19.2 Å². The molecule has 0 fully saturated rings.